The van der Waals surface area contributed by atoms with Gasteiger partial charge in [0.2, 0.25) is 0 Å². The molecule has 0 saturated heterocycles. The van der Waals surface area contributed by atoms with Gasteiger partial charge in [0.1, 0.15) is 0 Å². The molecular weight excluding hydrogens is 256 g/mol. The van der Waals surface area contributed by atoms with Crippen LogP contribution in [0.1, 0.15) is 43.7 Å². The van der Waals surface area contributed by atoms with E-state index >= 15 is 0 Å². The average Bonchev–Trinajstić information content (AvgIpc) is 2.40. The number of hydrogen-bond donors (Lipinski definition) is 1. The Morgan fingerprint density at radius 1 is 1.42 bits per heavy atom. The Bertz CT molecular complexity index is 464. The monoisotopic (exact) mass is 276 g/mol. The van der Waals surface area contributed by atoms with Gasteiger partial charge < -0.3 is 5.32 Å². The van der Waals surface area contributed by atoms with Crippen molar-refractivity contribution in [1.82, 2.24) is 5.32 Å². The summed E-state index contributed by atoms with van der Waals surface area (Å²) in [6, 6.07) is 7.61. The normalized spacial score (nSPS) is 23.0. The number of rotatable bonds is 4. The van der Waals surface area contributed by atoms with Gasteiger partial charge in [-0.15, -0.1) is 0 Å². The van der Waals surface area contributed by atoms with Crippen LogP contribution in [-0.2, 0) is 6.54 Å². The Morgan fingerprint density at radius 2 is 2.26 bits per heavy atom. The zero-order valence-corrected chi connectivity index (χ0v) is 12.2. The molecule has 0 aliphatic heterocycles. The van der Waals surface area contributed by atoms with Crippen LogP contribution in [0.5, 0.6) is 0 Å². The summed E-state index contributed by atoms with van der Waals surface area (Å²) in [5.74, 6) is 1.68. The van der Waals surface area contributed by atoms with E-state index in [-0.39, 0.29) is 0 Å². The number of nitrogens with zero attached hydrogens (tertiary/aromatic N) is 1. The van der Waals surface area contributed by atoms with Gasteiger partial charge in [-0.25, -0.2) is 0 Å². The molecular formula is C16H21ClN2. The van der Waals surface area contributed by atoms with E-state index in [0.29, 0.717) is 10.6 Å². The first-order chi connectivity index (χ1) is 9.19. The minimum atomic E-state index is 0.620. The topological polar surface area (TPSA) is 35.8 Å². The highest BCUT2D eigenvalue weighted by atomic mass is 35.5. The summed E-state index contributed by atoms with van der Waals surface area (Å²) in [6.45, 7) is 4.21. The largest absolute Gasteiger partial charge is 0.312 e. The van der Waals surface area contributed by atoms with Gasteiger partial charge >= 0.3 is 0 Å². The van der Waals surface area contributed by atoms with Gasteiger partial charge in [0, 0.05) is 11.6 Å². The van der Waals surface area contributed by atoms with Gasteiger partial charge in [0.25, 0.3) is 0 Å². The lowest BCUT2D eigenvalue weighted by molar-refractivity contribution is 0.274. The van der Waals surface area contributed by atoms with Crippen LogP contribution in [0, 0.1) is 23.2 Å². The Balaban J connectivity index is 1.81. The maximum Gasteiger partial charge on any atom is 0.0992 e. The van der Waals surface area contributed by atoms with Gasteiger partial charge in [-0.1, -0.05) is 37.4 Å². The van der Waals surface area contributed by atoms with E-state index in [1.54, 1.807) is 6.07 Å². The van der Waals surface area contributed by atoms with Crippen LogP contribution in [0.3, 0.4) is 0 Å². The van der Waals surface area contributed by atoms with Crippen LogP contribution in [0.25, 0.3) is 0 Å². The lowest BCUT2D eigenvalue weighted by atomic mass is 9.82. The van der Waals surface area contributed by atoms with E-state index in [1.807, 2.05) is 12.1 Å². The highest BCUT2D eigenvalue weighted by Gasteiger charge is 2.18. The lowest BCUT2D eigenvalue weighted by Crippen LogP contribution is -2.26. The van der Waals surface area contributed by atoms with Crippen LogP contribution in [0.15, 0.2) is 18.2 Å². The number of nitriles is 1. The van der Waals surface area contributed by atoms with E-state index in [0.717, 1.165) is 30.5 Å². The molecule has 102 valence electrons. The van der Waals surface area contributed by atoms with Crippen molar-refractivity contribution >= 4 is 11.6 Å². The molecule has 0 radical (unpaired) electrons. The molecule has 0 heterocycles. The third-order valence-corrected chi connectivity index (χ3v) is 4.33. The van der Waals surface area contributed by atoms with Crippen LogP contribution in [0.2, 0.25) is 5.02 Å². The molecule has 1 N–H and O–H groups in total. The number of benzene rings is 1. The molecule has 0 spiro atoms. The first-order valence-electron chi connectivity index (χ1n) is 7.08. The van der Waals surface area contributed by atoms with E-state index in [9.17, 15) is 0 Å². The highest BCUT2D eigenvalue weighted by Crippen LogP contribution is 2.28. The van der Waals surface area contributed by atoms with Crippen molar-refractivity contribution in [2.24, 2.45) is 11.8 Å². The van der Waals surface area contributed by atoms with Crippen molar-refractivity contribution in [1.29, 1.82) is 5.26 Å². The molecule has 0 amide bonds. The zero-order valence-electron chi connectivity index (χ0n) is 11.5. The molecule has 0 bridgehead atoms. The van der Waals surface area contributed by atoms with Crippen LogP contribution in [-0.4, -0.2) is 6.54 Å². The molecule has 1 aliphatic carbocycles. The predicted octanol–water partition coefficient (Wildman–Crippen LogP) is 4.13. The van der Waals surface area contributed by atoms with Crippen molar-refractivity contribution in [2.45, 2.75) is 39.2 Å². The fourth-order valence-corrected chi connectivity index (χ4v) is 3.16. The standard InChI is InChI=1S/C16H21ClN2/c1-12-3-2-4-14(7-12)10-19-11-15-6-5-13(9-18)8-16(15)17/h5-6,8,12,14,19H,2-4,7,10-11H2,1H3. The molecule has 0 aromatic heterocycles. The predicted molar refractivity (Wildman–Crippen MR) is 79.0 cm³/mol. The first kappa shape index (κ1) is 14.4. The minimum Gasteiger partial charge on any atom is -0.312 e. The van der Waals surface area contributed by atoms with E-state index in [1.165, 1.54) is 25.7 Å². The fourth-order valence-electron chi connectivity index (χ4n) is 2.92. The summed E-state index contributed by atoms with van der Waals surface area (Å²) in [6.07, 6.45) is 5.44. The maximum absolute atomic E-state index is 8.80. The molecule has 1 saturated carbocycles. The van der Waals surface area contributed by atoms with Gasteiger partial charge in [0.05, 0.1) is 11.6 Å². The SMILES string of the molecule is CC1CCCC(CNCc2ccc(C#N)cc2Cl)C1. The molecule has 19 heavy (non-hydrogen) atoms. The minimum absolute atomic E-state index is 0.620. The molecule has 1 aromatic carbocycles. The second-order valence-corrected chi connectivity index (χ2v) is 6.09. The third-order valence-electron chi connectivity index (χ3n) is 3.98. The van der Waals surface area contributed by atoms with Crippen LogP contribution < -0.4 is 5.32 Å². The van der Waals surface area contributed by atoms with Crippen molar-refractivity contribution in [3.8, 4) is 6.07 Å². The van der Waals surface area contributed by atoms with Crippen LogP contribution in [0.4, 0.5) is 0 Å². The third kappa shape index (κ3) is 4.23. The second-order valence-electron chi connectivity index (χ2n) is 5.69. The molecule has 2 rings (SSSR count). The fraction of sp³-hybridized carbons (Fsp3) is 0.562. The molecule has 2 atom stereocenters. The summed E-state index contributed by atoms with van der Waals surface area (Å²) in [5, 5.41) is 13.0. The zero-order chi connectivity index (χ0) is 13.7. The van der Waals surface area contributed by atoms with Crippen molar-refractivity contribution in [2.75, 3.05) is 6.54 Å². The first-order valence-corrected chi connectivity index (χ1v) is 7.46. The molecule has 2 nitrogen and oxygen atoms in total. The van der Waals surface area contributed by atoms with E-state index in [4.69, 9.17) is 16.9 Å². The van der Waals surface area contributed by atoms with E-state index in [2.05, 4.69) is 18.3 Å². The Labute approximate surface area is 120 Å². The molecule has 1 aliphatic rings. The quantitative estimate of drug-likeness (QED) is 0.898. The average molecular weight is 277 g/mol. The summed E-state index contributed by atoms with van der Waals surface area (Å²) < 4.78 is 0. The van der Waals surface area contributed by atoms with Gasteiger partial charge in [-0.3, -0.25) is 0 Å². The van der Waals surface area contributed by atoms with Crippen molar-refractivity contribution in [3.63, 3.8) is 0 Å². The van der Waals surface area contributed by atoms with Crippen molar-refractivity contribution < 1.29 is 0 Å². The second kappa shape index (κ2) is 6.93. The number of hydrogen-bond acceptors (Lipinski definition) is 2. The van der Waals surface area contributed by atoms with Gasteiger partial charge in [0.15, 0.2) is 0 Å². The smallest absolute Gasteiger partial charge is 0.0992 e. The van der Waals surface area contributed by atoms with Gasteiger partial charge in [-0.05, 0) is 48.9 Å². The summed E-state index contributed by atoms with van der Waals surface area (Å²) in [5.41, 5.74) is 1.69. The molecule has 1 aromatic rings. The van der Waals surface area contributed by atoms with E-state index < -0.39 is 0 Å². The summed E-state index contributed by atoms with van der Waals surface area (Å²) >= 11 is 6.16. The summed E-state index contributed by atoms with van der Waals surface area (Å²) in [7, 11) is 0. The lowest BCUT2D eigenvalue weighted by Gasteiger charge is -2.26. The maximum atomic E-state index is 8.80. The number of halogens is 1. The summed E-state index contributed by atoms with van der Waals surface area (Å²) in [4.78, 5) is 0. The number of nitrogens with one attached hydrogen (secondary N) is 1. The Hall–Kier alpha value is -1.04. The molecule has 1 fully saturated rings. The highest BCUT2D eigenvalue weighted by molar-refractivity contribution is 6.31. The Kier molecular flexibility index (Phi) is 5.24. The van der Waals surface area contributed by atoms with Gasteiger partial charge in [-0.2, -0.15) is 5.26 Å². The van der Waals surface area contributed by atoms with Crippen molar-refractivity contribution in [3.05, 3.63) is 34.3 Å². The Morgan fingerprint density at radius 3 is 2.95 bits per heavy atom. The van der Waals surface area contributed by atoms with Crippen LogP contribution >= 0.6 is 11.6 Å². The molecule has 3 heteroatoms. The molecule has 2 unspecified atom stereocenters.